The molecule has 2 aliphatic rings. The lowest BCUT2D eigenvalue weighted by Crippen LogP contribution is -2.41. The molecule has 0 radical (unpaired) electrons. The monoisotopic (exact) mass is 393 g/mol. The standard InChI is InChI=1S/C20H36BN3O4/c1-18(2,3)26-17(25)24-11-8-9-16(10-12-24)23-14-15(13-22)21-27-19(4,5)20(6,7)28-21/h13-14,16H,8-12,22H2,1-7H3. The molecule has 0 spiro atoms. The Morgan fingerprint density at radius 2 is 1.79 bits per heavy atom. The predicted molar refractivity (Wildman–Crippen MR) is 112 cm³/mol. The first-order valence-electron chi connectivity index (χ1n) is 10.1. The topological polar surface area (TPSA) is 86.4 Å². The quantitative estimate of drug-likeness (QED) is 0.587. The third kappa shape index (κ3) is 5.73. The SMILES string of the molecule is CC(C)(C)OC(=O)N1CCCC(N=CC(=CN)B2OC(C)(C)C(C)(C)O2)CC1. The van der Waals surface area contributed by atoms with Crippen LogP contribution in [0.15, 0.2) is 16.7 Å². The molecule has 2 saturated heterocycles. The maximum Gasteiger partial charge on any atom is 0.497 e. The zero-order valence-corrected chi connectivity index (χ0v) is 18.4. The molecule has 1 atom stereocenters. The fourth-order valence-electron chi connectivity index (χ4n) is 3.09. The zero-order valence-electron chi connectivity index (χ0n) is 18.4. The second-order valence-electron chi connectivity index (χ2n) is 9.59. The summed E-state index contributed by atoms with van der Waals surface area (Å²) < 4.78 is 17.6. The van der Waals surface area contributed by atoms with Crippen LogP contribution >= 0.6 is 0 Å². The molecule has 2 N–H and O–H groups in total. The van der Waals surface area contributed by atoms with Crippen LogP contribution in [0.2, 0.25) is 0 Å². The fraction of sp³-hybridized carbons (Fsp3) is 0.800. The van der Waals surface area contributed by atoms with Crippen LogP contribution in [0.25, 0.3) is 0 Å². The van der Waals surface area contributed by atoms with Crippen molar-refractivity contribution >= 4 is 19.4 Å². The van der Waals surface area contributed by atoms with Crippen LogP contribution in [-0.4, -0.2) is 60.3 Å². The lowest BCUT2D eigenvalue weighted by molar-refractivity contribution is 0.00578. The van der Waals surface area contributed by atoms with Crippen molar-refractivity contribution in [3.05, 3.63) is 11.7 Å². The number of ether oxygens (including phenoxy) is 1. The van der Waals surface area contributed by atoms with Gasteiger partial charge in [-0.15, -0.1) is 0 Å². The molecule has 0 bridgehead atoms. The number of carbonyl (C=O) groups excluding carboxylic acids is 1. The molecule has 0 aromatic heterocycles. The molecule has 0 saturated carbocycles. The molecule has 7 nitrogen and oxygen atoms in total. The first kappa shape index (κ1) is 22.8. The largest absolute Gasteiger partial charge is 0.497 e. The Bertz CT molecular complexity index is 609. The lowest BCUT2D eigenvalue weighted by atomic mass is 9.79. The van der Waals surface area contributed by atoms with E-state index in [-0.39, 0.29) is 12.1 Å². The number of aliphatic imine (C=N–C) groups is 1. The van der Waals surface area contributed by atoms with Crippen molar-refractivity contribution in [2.75, 3.05) is 13.1 Å². The van der Waals surface area contributed by atoms with E-state index in [1.54, 1.807) is 11.1 Å². The molecule has 2 fully saturated rings. The van der Waals surface area contributed by atoms with E-state index in [4.69, 9.17) is 24.8 Å². The summed E-state index contributed by atoms with van der Waals surface area (Å²) in [4.78, 5) is 18.8. The highest BCUT2D eigenvalue weighted by atomic mass is 16.7. The molecule has 1 amide bonds. The summed E-state index contributed by atoms with van der Waals surface area (Å²) in [6.45, 7) is 15.0. The van der Waals surface area contributed by atoms with Gasteiger partial charge in [-0.25, -0.2) is 4.79 Å². The maximum absolute atomic E-state index is 12.3. The van der Waals surface area contributed by atoms with Crippen LogP contribution in [0.1, 0.15) is 67.7 Å². The van der Waals surface area contributed by atoms with Gasteiger partial charge in [-0.3, -0.25) is 4.99 Å². The van der Waals surface area contributed by atoms with Gasteiger partial charge in [0.2, 0.25) is 0 Å². The number of amides is 1. The van der Waals surface area contributed by atoms with Gasteiger partial charge in [0, 0.05) is 24.8 Å². The van der Waals surface area contributed by atoms with Crippen LogP contribution in [0.5, 0.6) is 0 Å². The average Bonchev–Trinajstić information content (AvgIpc) is 2.71. The van der Waals surface area contributed by atoms with Gasteiger partial charge < -0.3 is 24.7 Å². The Labute approximate surface area is 169 Å². The molecule has 0 aromatic carbocycles. The number of nitrogens with two attached hydrogens (primary N) is 1. The van der Waals surface area contributed by atoms with Gasteiger partial charge >= 0.3 is 13.2 Å². The highest BCUT2D eigenvalue weighted by molar-refractivity contribution is 6.60. The smallest absolute Gasteiger partial charge is 0.444 e. The van der Waals surface area contributed by atoms with E-state index in [2.05, 4.69) is 0 Å². The molecular weight excluding hydrogens is 357 g/mol. The van der Waals surface area contributed by atoms with E-state index in [0.717, 1.165) is 19.3 Å². The second kappa shape index (κ2) is 8.45. The molecule has 158 valence electrons. The van der Waals surface area contributed by atoms with E-state index in [9.17, 15) is 4.79 Å². The Morgan fingerprint density at radius 3 is 2.32 bits per heavy atom. The van der Waals surface area contributed by atoms with Crippen molar-refractivity contribution in [3.8, 4) is 0 Å². The Morgan fingerprint density at radius 1 is 1.18 bits per heavy atom. The summed E-state index contributed by atoms with van der Waals surface area (Å²) in [6, 6.07) is 0.129. The minimum Gasteiger partial charge on any atom is -0.444 e. The number of likely N-dealkylation sites (tertiary alicyclic amines) is 1. The molecule has 2 rings (SSSR count). The Balaban J connectivity index is 1.94. The zero-order chi connectivity index (χ0) is 21.2. The van der Waals surface area contributed by atoms with Crippen LogP contribution in [0, 0.1) is 0 Å². The van der Waals surface area contributed by atoms with E-state index in [0.29, 0.717) is 18.6 Å². The van der Waals surface area contributed by atoms with Gasteiger partial charge in [-0.1, -0.05) is 0 Å². The van der Waals surface area contributed by atoms with E-state index >= 15 is 0 Å². The predicted octanol–water partition coefficient (Wildman–Crippen LogP) is 3.32. The third-order valence-corrected chi connectivity index (χ3v) is 5.50. The molecule has 8 heteroatoms. The number of allylic oxidation sites excluding steroid dienone is 1. The lowest BCUT2D eigenvalue weighted by Gasteiger charge is -2.32. The number of hydrogen-bond donors (Lipinski definition) is 1. The summed E-state index contributed by atoms with van der Waals surface area (Å²) >= 11 is 0. The fourth-order valence-corrected chi connectivity index (χ4v) is 3.09. The van der Waals surface area contributed by atoms with E-state index in [1.165, 1.54) is 6.20 Å². The van der Waals surface area contributed by atoms with Crippen LogP contribution < -0.4 is 5.73 Å². The Hall–Kier alpha value is -1.54. The van der Waals surface area contributed by atoms with Gasteiger partial charge in [0.05, 0.1) is 17.2 Å². The molecule has 0 aromatic rings. The van der Waals surface area contributed by atoms with Crippen molar-refractivity contribution in [2.24, 2.45) is 10.7 Å². The molecule has 0 aliphatic carbocycles. The summed E-state index contributed by atoms with van der Waals surface area (Å²) in [7, 11) is -0.525. The van der Waals surface area contributed by atoms with Gasteiger partial charge in [0.25, 0.3) is 0 Å². The number of hydrogen-bond acceptors (Lipinski definition) is 6. The highest BCUT2D eigenvalue weighted by Crippen LogP contribution is 2.38. The van der Waals surface area contributed by atoms with Gasteiger partial charge in [0.1, 0.15) is 5.60 Å². The summed E-state index contributed by atoms with van der Waals surface area (Å²) in [5, 5.41) is 0. The number of carbonyl (C=O) groups is 1. The molecule has 28 heavy (non-hydrogen) atoms. The Kier molecular flexibility index (Phi) is 6.87. The van der Waals surface area contributed by atoms with Crippen molar-refractivity contribution in [1.29, 1.82) is 0 Å². The second-order valence-corrected chi connectivity index (χ2v) is 9.59. The highest BCUT2D eigenvalue weighted by Gasteiger charge is 2.52. The van der Waals surface area contributed by atoms with Gasteiger partial charge in [-0.05, 0) is 73.9 Å². The summed E-state index contributed by atoms with van der Waals surface area (Å²) in [6.07, 6.45) is 5.59. The first-order chi connectivity index (χ1) is 12.8. The van der Waals surface area contributed by atoms with Crippen molar-refractivity contribution in [1.82, 2.24) is 4.90 Å². The molecule has 2 aliphatic heterocycles. The van der Waals surface area contributed by atoms with Crippen LogP contribution in [-0.2, 0) is 14.0 Å². The minimum absolute atomic E-state index is 0.129. The van der Waals surface area contributed by atoms with Crippen LogP contribution in [0.3, 0.4) is 0 Å². The van der Waals surface area contributed by atoms with Gasteiger partial charge in [-0.2, -0.15) is 0 Å². The summed E-state index contributed by atoms with van der Waals surface area (Å²) in [5.74, 6) is 0. The number of nitrogens with zero attached hydrogens (tertiary/aromatic N) is 2. The average molecular weight is 393 g/mol. The van der Waals surface area contributed by atoms with Crippen LogP contribution in [0.4, 0.5) is 4.79 Å². The minimum atomic E-state index is -0.525. The summed E-state index contributed by atoms with van der Waals surface area (Å²) in [5.41, 5.74) is 5.21. The van der Waals surface area contributed by atoms with Crippen molar-refractivity contribution in [2.45, 2.75) is 90.6 Å². The van der Waals surface area contributed by atoms with E-state index < -0.39 is 23.9 Å². The molecular formula is C20H36BN3O4. The molecule has 1 unspecified atom stereocenters. The first-order valence-corrected chi connectivity index (χ1v) is 10.1. The normalized spacial score (nSPS) is 25.8. The van der Waals surface area contributed by atoms with Crippen molar-refractivity contribution in [3.63, 3.8) is 0 Å². The third-order valence-electron chi connectivity index (χ3n) is 5.50. The van der Waals surface area contributed by atoms with Gasteiger partial charge in [0.15, 0.2) is 0 Å². The number of rotatable bonds is 3. The molecule has 2 heterocycles. The maximum atomic E-state index is 12.3. The van der Waals surface area contributed by atoms with E-state index in [1.807, 2.05) is 48.5 Å². The van der Waals surface area contributed by atoms with Crippen molar-refractivity contribution < 1.29 is 18.8 Å².